The third kappa shape index (κ3) is 5.63. The van der Waals surface area contributed by atoms with Crippen molar-refractivity contribution in [2.75, 3.05) is 10.8 Å². The van der Waals surface area contributed by atoms with E-state index in [-0.39, 0.29) is 48.7 Å². The molecule has 0 radical (unpaired) electrons. The molecular weight excluding hydrogens is 545 g/mol. The van der Waals surface area contributed by atoms with Gasteiger partial charge in [0.25, 0.3) is 10.0 Å². The fourth-order valence-corrected chi connectivity index (χ4v) is 7.07. The van der Waals surface area contributed by atoms with Crippen molar-refractivity contribution < 1.29 is 18.0 Å². The summed E-state index contributed by atoms with van der Waals surface area (Å²) in [4.78, 5) is 28.4. The number of carbonyl (C=O) groups excluding carboxylic acids is 2. The van der Waals surface area contributed by atoms with Crippen LogP contribution in [0.2, 0.25) is 10.0 Å². The minimum Gasteiger partial charge on any atom is -0.352 e. The Morgan fingerprint density at radius 3 is 2.42 bits per heavy atom. The van der Waals surface area contributed by atoms with Gasteiger partial charge in [0, 0.05) is 41.0 Å². The number of nitrogens with one attached hydrogen (secondary N) is 1. The molecule has 1 unspecified atom stereocenters. The molecule has 2 amide bonds. The summed E-state index contributed by atoms with van der Waals surface area (Å²) in [5, 5.41) is 5.34. The van der Waals surface area contributed by atoms with Gasteiger partial charge < -0.3 is 10.2 Å². The third-order valence-electron chi connectivity index (χ3n) is 6.61. The fraction of sp³-hybridized carbons (Fsp3) is 0.357. The SMILES string of the molecule is CCC(C(=O)NC(C)C)N(Cc1ccc(Cl)cc1Cl)C(=O)CCCN1c2cccc3cccc(c23)S1(=O)=O. The summed E-state index contributed by atoms with van der Waals surface area (Å²) in [7, 11) is -3.71. The normalized spacial score (nSPS) is 14.6. The summed E-state index contributed by atoms with van der Waals surface area (Å²) >= 11 is 12.4. The van der Waals surface area contributed by atoms with Crippen LogP contribution in [0.5, 0.6) is 0 Å². The van der Waals surface area contributed by atoms with Gasteiger partial charge in [-0.3, -0.25) is 13.9 Å². The molecule has 0 spiro atoms. The first-order valence-electron chi connectivity index (χ1n) is 12.6. The first-order chi connectivity index (χ1) is 18.0. The summed E-state index contributed by atoms with van der Waals surface area (Å²) in [5.74, 6) is -0.501. The average molecular weight is 577 g/mol. The van der Waals surface area contributed by atoms with Crippen LogP contribution >= 0.6 is 23.2 Å². The van der Waals surface area contributed by atoms with Crippen molar-refractivity contribution >= 4 is 61.5 Å². The number of amides is 2. The van der Waals surface area contributed by atoms with E-state index in [1.807, 2.05) is 39.0 Å². The molecule has 3 aromatic carbocycles. The molecule has 1 atom stereocenters. The molecule has 0 fully saturated rings. The monoisotopic (exact) mass is 575 g/mol. The van der Waals surface area contributed by atoms with E-state index >= 15 is 0 Å². The van der Waals surface area contributed by atoms with Gasteiger partial charge in [-0.1, -0.05) is 60.5 Å². The average Bonchev–Trinajstić information content (AvgIpc) is 3.08. The molecule has 0 saturated heterocycles. The minimum absolute atomic E-state index is 0.0645. The Labute approximate surface area is 233 Å². The number of sulfonamides is 1. The Balaban J connectivity index is 1.54. The maximum absolute atomic E-state index is 13.6. The maximum Gasteiger partial charge on any atom is 0.265 e. The lowest BCUT2D eigenvalue weighted by molar-refractivity contribution is -0.141. The van der Waals surface area contributed by atoms with E-state index in [2.05, 4.69) is 5.32 Å². The van der Waals surface area contributed by atoms with E-state index in [4.69, 9.17) is 23.2 Å². The third-order valence-corrected chi connectivity index (χ3v) is 9.05. The highest BCUT2D eigenvalue weighted by molar-refractivity contribution is 7.93. The van der Waals surface area contributed by atoms with Gasteiger partial charge in [-0.25, -0.2) is 8.42 Å². The number of benzene rings is 3. The van der Waals surface area contributed by atoms with Gasteiger partial charge in [-0.05, 0) is 61.9 Å². The standard InChI is InChI=1S/C28H31Cl2N3O4S/c1-4-23(28(35)31-18(2)3)32(17-20-13-14-21(29)16-22(20)30)26(34)12-7-15-33-24-10-5-8-19-9-6-11-25(27(19)24)38(33,36)37/h5-6,8-11,13-14,16,18,23H,4,7,12,15,17H2,1-3H3,(H,31,35). The number of anilines is 1. The smallest absolute Gasteiger partial charge is 0.265 e. The van der Waals surface area contributed by atoms with E-state index in [9.17, 15) is 18.0 Å². The molecule has 7 nitrogen and oxygen atoms in total. The summed E-state index contributed by atoms with van der Waals surface area (Å²) < 4.78 is 27.9. The van der Waals surface area contributed by atoms with Crippen molar-refractivity contribution in [2.45, 2.75) is 63.6 Å². The molecule has 1 aliphatic rings. The molecule has 0 saturated carbocycles. The Morgan fingerprint density at radius 1 is 1.05 bits per heavy atom. The Kier molecular flexibility index (Phi) is 8.55. The highest BCUT2D eigenvalue weighted by Gasteiger charge is 2.35. The lowest BCUT2D eigenvalue weighted by Crippen LogP contribution is -2.50. The minimum atomic E-state index is -3.71. The van der Waals surface area contributed by atoms with E-state index in [0.29, 0.717) is 33.1 Å². The van der Waals surface area contributed by atoms with Crippen LogP contribution in [0.4, 0.5) is 5.69 Å². The number of rotatable bonds is 10. The quantitative estimate of drug-likeness (QED) is 0.332. The van der Waals surface area contributed by atoms with Crippen LogP contribution in [0, 0.1) is 0 Å². The second kappa shape index (κ2) is 11.5. The highest BCUT2D eigenvalue weighted by Crippen LogP contribution is 2.42. The topological polar surface area (TPSA) is 86.8 Å². The van der Waals surface area contributed by atoms with Gasteiger partial charge in [0.15, 0.2) is 0 Å². The van der Waals surface area contributed by atoms with E-state index in [0.717, 1.165) is 5.39 Å². The lowest BCUT2D eigenvalue weighted by atomic mass is 10.1. The molecule has 4 rings (SSSR count). The molecule has 0 aromatic heterocycles. The maximum atomic E-state index is 13.6. The molecule has 202 valence electrons. The molecule has 1 heterocycles. The predicted octanol–water partition coefficient (Wildman–Crippen LogP) is 5.77. The van der Waals surface area contributed by atoms with Crippen LogP contribution in [-0.4, -0.2) is 43.8 Å². The van der Waals surface area contributed by atoms with Crippen LogP contribution in [-0.2, 0) is 26.2 Å². The van der Waals surface area contributed by atoms with Crippen molar-refractivity contribution in [3.63, 3.8) is 0 Å². The van der Waals surface area contributed by atoms with E-state index < -0.39 is 16.1 Å². The lowest BCUT2D eigenvalue weighted by Gasteiger charge is -2.31. The molecule has 38 heavy (non-hydrogen) atoms. The van der Waals surface area contributed by atoms with Crippen LogP contribution in [0.15, 0.2) is 59.5 Å². The number of carbonyl (C=O) groups is 2. The van der Waals surface area contributed by atoms with Gasteiger partial charge in [0.1, 0.15) is 6.04 Å². The molecule has 10 heteroatoms. The summed E-state index contributed by atoms with van der Waals surface area (Å²) in [6.07, 6.45) is 0.762. The van der Waals surface area contributed by atoms with Crippen LogP contribution in [0.25, 0.3) is 10.8 Å². The molecule has 0 aliphatic carbocycles. The zero-order chi connectivity index (χ0) is 27.6. The van der Waals surface area contributed by atoms with Crippen LogP contribution < -0.4 is 9.62 Å². The second-order valence-corrected chi connectivity index (χ2v) is 12.3. The number of hydrogen-bond acceptors (Lipinski definition) is 4. The van der Waals surface area contributed by atoms with Gasteiger partial charge in [-0.2, -0.15) is 0 Å². The van der Waals surface area contributed by atoms with Gasteiger partial charge >= 0.3 is 0 Å². The first kappa shape index (κ1) is 28.2. The molecule has 3 aromatic rings. The highest BCUT2D eigenvalue weighted by atomic mass is 35.5. The molecule has 0 bridgehead atoms. The van der Waals surface area contributed by atoms with Gasteiger partial charge in [0.2, 0.25) is 11.8 Å². The van der Waals surface area contributed by atoms with E-state index in [1.165, 1.54) is 9.21 Å². The van der Waals surface area contributed by atoms with Gasteiger partial charge in [0.05, 0.1) is 10.6 Å². The molecule has 1 N–H and O–H groups in total. The summed E-state index contributed by atoms with van der Waals surface area (Å²) in [6.45, 7) is 5.85. The number of hydrogen-bond donors (Lipinski definition) is 1. The largest absolute Gasteiger partial charge is 0.352 e. The molecular formula is C28H31Cl2N3O4S. The number of nitrogens with zero attached hydrogens (tertiary/aromatic N) is 2. The molecule has 1 aliphatic heterocycles. The van der Waals surface area contributed by atoms with Crippen molar-refractivity contribution in [3.05, 3.63) is 70.2 Å². The zero-order valence-electron chi connectivity index (χ0n) is 21.6. The van der Waals surface area contributed by atoms with Crippen molar-refractivity contribution in [3.8, 4) is 0 Å². The van der Waals surface area contributed by atoms with Crippen LogP contribution in [0.1, 0.15) is 45.6 Å². The first-order valence-corrected chi connectivity index (χ1v) is 14.8. The predicted molar refractivity (Wildman–Crippen MR) is 152 cm³/mol. The van der Waals surface area contributed by atoms with E-state index in [1.54, 1.807) is 36.4 Å². The Hall–Kier alpha value is -2.81. The van der Waals surface area contributed by atoms with Crippen molar-refractivity contribution in [1.29, 1.82) is 0 Å². The second-order valence-electron chi connectivity index (χ2n) is 9.66. The van der Waals surface area contributed by atoms with Crippen LogP contribution in [0.3, 0.4) is 0 Å². The van der Waals surface area contributed by atoms with Crippen molar-refractivity contribution in [1.82, 2.24) is 10.2 Å². The fourth-order valence-electron chi connectivity index (χ4n) is 4.85. The summed E-state index contributed by atoms with van der Waals surface area (Å²) in [6, 6.07) is 15.0. The zero-order valence-corrected chi connectivity index (χ0v) is 23.9. The summed E-state index contributed by atoms with van der Waals surface area (Å²) in [5.41, 5.74) is 1.29. The van der Waals surface area contributed by atoms with Gasteiger partial charge in [-0.15, -0.1) is 0 Å². The Bertz CT molecular complexity index is 1470. The van der Waals surface area contributed by atoms with Crippen molar-refractivity contribution in [2.24, 2.45) is 0 Å². The number of halogens is 2. The Morgan fingerprint density at radius 2 is 1.76 bits per heavy atom.